The van der Waals surface area contributed by atoms with Crippen molar-refractivity contribution in [1.82, 2.24) is 0 Å². The van der Waals surface area contributed by atoms with E-state index in [-0.39, 0.29) is 11.8 Å². The molecule has 94 valence electrons. The first-order chi connectivity index (χ1) is 8.20. The van der Waals surface area contributed by atoms with Crippen molar-refractivity contribution in [3.05, 3.63) is 30.3 Å². The van der Waals surface area contributed by atoms with Crippen molar-refractivity contribution >= 4 is 11.6 Å². The molecule has 0 bridgehead atoms. The Labute approximate surface area is 104 Å². The maximum atomic E-state index is 12.3. The molecule has 0 saturated carbocycles. The predicted molar refractivity (Wildman–Crippen MR) is 71.9 cm³/mol. The van der Waals surface area contributed by atoms with Crippen molar-refractivity contribution in [1.29, 1.82) is 0 Å². The van der Waals surface area contributed by atoms with Gasteiger partial charge < -0.3 is 10.6 Å². The average Bonchev–Trinajstić information content (AvgIpc) is 2.39. The second-order valence-corrected chi connectivity index (χ2v) is 4.28. The van der Waals surface area contributed by atoms with Crippen LogP contribution in [0.15, 0.2) is 30.3 Å². The standard InChI is InChI=1S/C14H22N2O/c1-3-12(2)14(17)16(11-7-10-15)13-8-5-4-6-9-13/h4-6,8-9,12H,3,7,10-11,15H2,1-2H3. The molecule has 0 aliphatic carbocycles. The zero-order chi connectivity index (χ0) is 12.7. The average molecular weight is 234 g/mol. The van der Waals surface area contributed by atoms with E-state index in [1.165, 1.54) is 0 Å². The highest BCUT2D eigenvalue weighted by molar-refractivity contribution is 5.94. The first-order valence-corrected chi connectivity index (χ1v) is 6.27. The lowest BCUT2D eigenvalue weighted by Gasteiger charge is -2.25. The summed E-state index contributed by atoms with van der Waals surface area (Å²) in [5.74, 6) is 0.250. The van der Waals surface area contributed by atoms with E-state index in [9.17, 15) is 4.79 Å². The summed E-state index contributed by atoms with van der Waals surface area (Å²) in [6.07, 6.45) is 1.70. The molecule has 1 aromatic carbocycles. The Bertz CT molecular complexity index is 337. The maximum Gasteiger partial charge on any atom is 0.229 e. The molecule has 0 fully saturated rings. The summed E-state index contributed by atoms with van der Waals surface area (Å²) in [4.78, 5) is 14.1. The van der Waals surface area contributed by atoms with Gasteiger partial charge in [-0.25, -0.2) is 0 Å². The van der Waals surface area contributed by atoms with Gasteiger partial charge in [0.2, 0.25) is 5.91 Å². The Balaban J connectivity index is 2.84. The number of carbonyl (C=O) groups is 1. The van der Waals surface area contributed by atoms with Gasteiger partial charge in [0.15, 0.2) is 0 Å². The molecule has 1 atom stereocenters. The number of benzene rings is 1. The Kier molecular flexibility index (Phi) is 5.70. The van der Waals surface area contributed by atoms with E-state index in [0.717, 1.165) is 18.5 Å². The van der Waals surface area contributed by atoms with Crippen LogP contribution in [0.5, 0.6) is 0 Å². The summed E-state index contributed by atoms with van der Waals surface area (Å²) in [5.41, 5.74) is 6.49. The molecule has 17 heavy (non-hydrogen) atoms. The monoisotopic (exact) mass is 234 g/mol. The molecule has 1 amide bonds. The molecule has 0 aromatic heterocycles. The quantitative estimate of drug-likeness (QED) is 0.821. The van der Waals surface area contributed by atoms with E-state index in [2.05, 4.69) is 0 Å². The lowest BCUT2D eigenvalue weighted by Crippen LogP contribution is -2.36. The van der Waals surface area contributed by atoms with Gasteiger partial charge in [0.1, 0.15) is 0 Å². The van der Waals surface area contributed by atoms with Gasteiger partial charge in [-0.05, 0) is 31.5 Å². The van der Waals surface area contributed by atoms with Gasteiger partial charge in [-0.15, -0.1) is 0 Å². The fraction of sp³-hybridized carbons (Fsp3) is 0.500. The van der Waals surface area contributed by atoms with E-state index >= 15 is 0 Å². The Hall–Kier alpha value is -1.35. The smallest absolute Gasteiger partial charge is 0.229 e. The van der Waals surface area contributed by atoms with E-state index in [1.807, 2.05) is 49.1 Å². The molecular weight excluding hydrogens is 212 g/mol. The van der Waals surface area contributed by atoms with Crippen LogP contribution in [0.1, 0.15) is 26.7 Å². The number of anilines is 1. The molecule has 0 heterocycles. The molecule has 1 rings (SSSR count). The number of rotatable bonds is 6. The summed E-state index contributed by atoms with van der Waals surface area (Å²) >= 11 is 0. The highest BCUT2D eigenvalue weighted by atomic mass is 16.2. The van der Waals surface area contributed by atoms with Gasteiger partial charge in [0.25, 0.3) is 0 Å². The van der Waals surface area contributed by atoms with E-state index in [1.54, 1.807) is 0 Å². The van der Waals surface area contributed by atoms with Crippen LogP contribution in [0.4, 0.5) is 5.69 Å². The van der Waals surface area contributed by atoms with Crippen molar-refractivity contribution in [2.45, 2.75) is 26.7 Å². The van der Waals surface area contributed by atoms with Crippen molar-refractivity contribution in [2.24, 2.45) is 11.7 Å². The zero-order valence-electron chi connectivity index (χ0n) is 10.7. The van der Waals surface area contributed by atoms with Gasteiger partial charge in [-0.1, -0.05) is 32.0 Å². The largest absolute Gasteiger partial charge is 0.330 e. The van der Waals surface area contributed by atoms with Crippen LogP contribution < -0.4 is 10.6 Å². The Morgan fingerprint density at radius 3 is 2.53 bits per heavy atom. The minimum absolute atomic E-state index is 0.0629. The summed E-state index contributed by atoms with van der Waals surface area (Å²) in [7, 11) is 0. The predicted octanol–water partition coefficient (Wildman–Crippen LogP) is 2.41. The van der Waals surface area contributed by atoms with Crippen molar-refractivity contribution in [3.8, 4) is 0 Å². The van der Waals surface area contributed by atoms with Crippen LogP contribution in [-0.4, -0.2) is 19.0 Å². The molecule has 3 nitrogen and oxygen atoms in total. The number of carbonyl (C=O) groups excluding carboxylic acids is 1. The number of para-hydroxylation sites is 1. The third kappa shape index (κ3) is 3.86. The first kappa shape index (κ1) is 13.7. The number of nitrogens with two attached hydrogens (primary N) is 1. The van der Waals surface area contributed by atoms with Crippen LogP contribution in [0.3, 0.4) is 0 Å². The van der Waals surface area contributed by atoms with Gasteiger partial charge in [0, 0.05) is 18.2 Å². The van der Waals surface area contributed by atoms with Gasteiger partial charge in [0.05, 0.1) is 0 Å². The normalized spacial score (nSPS) is 12.2. The van der Waals surface area contributed by atoms with Crippen molar-refractivity contribution in [2.75, 3.05) is 18.0 Å². The van der Waals surface area contributed by atoms with Crippen LogP contribution in [-0.2, 0) is 4.79 Å². The number of hydrogen-bond acceptors (Lipinski definition) is 2. The van der Waals surface area contributed by atoms with E-state index in [0.29, 0.717) is 13.1 Å². The second-order valence-electron chi connectivity index (χ2n) is 4.28. The van der Waals surface area contributed by atoms with Crippen LogP contribution >= 0.6 is 0 Å². The van der Waals surface area contributed by atoms with E-state index < -0.39 is 0 Å². The third-order valence-corrected chi connectivity index (χ3v) is 2.95. The highest BCUT2D eigenvalue weighted by Crippen LogP contribution is 2.17. The van der Waals surface area contributed by atoms with Gasteiger partial charge in [-0.3, -0.25) is 4.79 Å². The third-order valence-electron chi connectivity index (χ3n) is 2.95. The van der Waals surface area contributed by atoms with Crippen molar-refractivity contribution in [3.63, 3.8) is 0 Å². The zero-order valence-corrected chi connectivity index (χ0v) is 10.7. The second kappa shape index (κ2) is 7.07. The van der Waals surface area contributed by atoms with Crippen LogP contribution in [0.2, 0.25) is 0 Å². The fourth-order valence-corrected chi connectivity index (χ4v) is 1.66. The molecule has 1 aromatic rings. The van der Waals surface area contributed by atoms with Gasteiger partial charge in [-0.2, -0.15) is 0 Å². The summed E-state index contributed by atoms with van der Waals surface area (Å²) in [6, 6.07) is 9.80. The number of nitrogens with zero attached hydrogens (tertiary/aromatic N) is 1. The molecule has 0 saturated heterocycles. The first-order valence-electron chi connectivity index (χ1n) is 6.27. The minimum atomic E-state index is 0.0629. The Morgan fingerprint density at radius 1 is 1.35 bits per heavy atom. The molecule has 0 aliphatic rings. The molecule has 0 radical (unpaired) electrons. The molecule has 0 spiro atoms. The molecule has 2 N–H and O–H groups in total. The molecule has 1 unspecified atom stereocenters. The summed E-state index contributed by atoms with van der Waals surface area (Å²) in [6.45, 7) is 5.32. The lowest BCUT2D eigenvalue weighted by atomic mass is 10.1. The molecule has 3 heteroatoms. The number of amides is 1. The van der Waals surface area contributed by atoms with Crippen LogP contribution in [0, 0.1) is 5.92 Å². The molecule has 0 aliphatic heterocycles. The lowest BCUT2D eigenvalue weighted by molar-refractivity contribution is -0.122. The molecular formula is C14H22N2O. The van der Waals surface area contributed by atoms with Crippen LogP contribution in [0.25, 0.3) is 0 Å². The number of hydrogen-bond donors (Lipinski definition) is 1. The topological polar surface area (TPSA) is 46.3 Å². The minimum Gasteiger partial charge on any atom is -0.330 e. The maximum absolute atomic E-state index is 12.3. The SMILES string of the molecule is CCC(C)C(=O)N(CCCN)c1ccccc1. The summed E-state index contributed by atoms with van der Waals surface area (Å²) < 4.78 is 0. The van der Waals surface area contributed by atoms with Gasteiger partial charge >= 0.3 is 0 Å². The Morgan fingerprint density at radius 2 is 2.00 bits per heavy atom. The summed E-state index contributed by atoms with van der Waals surface area (Å²) in [5, 5.41) is 0. The highest BCUT2D eigenvalue weighted by Gasteiger charge is 2.19. The van der Waals surface area contributed by atoms with Crippen molar-refractivity contribution < 1.29 is 4.79 Å². The fourth-order valence-electron chi connectivity index (χ4n) is 1.66. The van der Waals surface area contributed by atoms with E-state index in [4.69, 9.17) is 5.73 Å².